The van der Waals surface area contributed by atoms with E-state index in [1.165, 1.54) is 31.4 Å². The van der Waals surface area contributed by atoms with Gasteiger partial charge in [-0.25, -0.2) is 0 Å². The molecule has 1 fully saturated rings. The predicted molar refractivity (Wildman–Crippen MR) is 75.6 cm³/mol. The molecule has 0 radical (unpaired) electrons. The van der Waals surface area contributed by atoms with Gasteiger partial charge in [0, 0.05) is 17.6 Å². The van der Waals surface area contributed by atoms with Crippen LogP contribution in [0, 0.1) is 5.41 Å². The van der Waals surface area contributed by atoms with Gasteiger partial charge < -0.3 is 0 Å². The summed E-state index contributed by atoms with van der Waals surface area (Å²) in [7, 11) is 0. The Labute approximate surface area is 113 Å². The highest BCUT2D eigenvalue weighted by atomic mass is 79.9. The van der Waals surface area contributed by atoms with E-state index >= 15 is 0 Å². The van der Waals surface area contributed by atoms with Crippen molar-refractivity contribution in [3.8, 4) is 0 Å². The maximum Gasteiger partial charge on any atom is 0.0630 e. The molecule has 1 atom stereocenters. The van der Waals surface area contributed by atoms with E-state index in [2.05, 4.69) is 46.7 Å². The van der Waals surface area contributed by atoms with E-state index in [1.807, 2.05) is 0 Å². The lowest BCUT2D eigenvalue weighted by Crippen LogP contribution is -2.22. The topological polar surface area (TPSA) is 17.8 Å². The zero-order chi connectivity index (χ0) is 12.3. The van der Waals surface area contributed by atoms with Crippen LogP contribution in [0.5, 0.6) is 0 Å². The average molecular weight is 299 g/mol. The van der Waals surface area contributed by atoms with E-state index in [9.17, 15) is 0 Å². The first-order valence-electron chi connectivity index (χ1n) is 6.79. The first kappa shape index (κ1) is 13.1. The van der Waals surface area contributed by atoms with Gasteiger partial charge in [-0.1, -0.05) is 35.7 Å². The second-order valence-electron chi connectivity index (χ2n) is 5.56. The van der Waals surface area contributed by atoms with Crippen molar-refractivity contribution in [2.24, 2.45) is 5.41 Å². The van der Waals surface area contributed by atoms with Crippen molar-refractivity contribution in [3.05, 3.63) is 18.0 Å². The smallest absolute Gasteiger partial charge is 0.0630 e. The van der Waals surface area contributed by atoms with Crippen molar-refractivity contribution in [2.45, 2.75) is 58.4 Å². The van der Waals surface area contributed by atoms with Crippen LogP contribution < -0.4 is 0 Å². The highest BCUT2D eigenvalue weighted by Gasteiger charge is 2.33. The van der Waals surface area contributed by atoms with Crippen LogP contribution in [-0.2, 0) is 6.42 Å². The molecule has 1 aromatic heterocycles. The summed E-state index contributed by atoms with van der Waals surface area (Å²) in [6, 6.07) is 2.72. The summed E-state index contributed by atoms with van der Waals surface area (Å²) >= 11 is 3.71. The molecule has 1 aromatic rings. The van der Waals surface area contributed by atoms with Crippen molar-refractivity contribution in [1.29, 1.82) is 0 Å². The molecule has 1 saturated carbocycles. The normalized spacial score (nSPS) is 20.6. The summed E-state index contributed by atoms with van der Waals surface area (Å²) in [5.41, 5.74) is 1.75. The van der Waals surface area contributed by atoms with Gasteiger partial charge >= 0.3 is 0 Å². The average Bonchev–Trinajstić information content (AvgIpc) is 2.98. The predicted octanol–water partition coefficient (Wildman–Crippen LogP) is 4.35. The molecule has 2 rings (SSSR count). The fraction of sp³-hybridized carbons (Fsp3) is 0.786. The standard InChI is InChI=1S/C14H23BrN2/c1-3-12(2)17-9-6-13(16-17)10-14(11-15)7-4-5-8-14/h6,9,12H,3-5,7-8,10-11H2,1-2H3. The third-order valence-corrected chi connectivity index (χ3v) is 5.40. The first-order valence-corrected chi connectivity index (χ1v) is 7.91. The van der Waals surface area contributed by atoms with Gasteiger partial charge in [-0.2, -0.15) is 5.10 Å². The van der Waals surface area contributed by atoms with Crippen LogP contribution in [0.2, 0.25) is 0 Å². The van der Waals surface area contributed by atoms with Gasteiger partial charge in [0.05, 0.1) is 5.69 Å². The van der Waals surface area contributed by atoms with Crippen LogP contribution in [0.25, 0.3) is 0 Å². The minimum atomic E-state index is 0.481. The largest absolute Gasteiger partial charge is 0.270 e. The van der Waals surface area contributed by atoms with Gasteiger partial charge in [0.15, 0.2) is 0 Å². The van der Waals surface area contributed by atoms with Crippen molar-refractivity contribution in [1.82, 2.24) is 9.78 Å². The second-order valence-corrected chi connectivity index (χ2v) is 6.12. The Morgan fingerprint density at radius 3 is 2.76 bits per heavy atom. The molecule has 1 unspecified atom stereocenters. The van der Waals surface area contributed by atoms with Crippen LogP contribution in [0.3, 0.4) is 0 Å². The lowest BCUT2D eigenvalue weighted by atomic mass is 9.84. The van der Waals surface area contributed by atoms with E-state index in [4.69, 9.17) is 5.10 Å². The molecule has 1 heterocycles. The zero-order valence-corrected chi connectivity index (χ0v) is 12.5. The molecule has 17 heavy (non-hydrogen) atoms. The van der Waals surface area contributed by atoms with Crippen molar-refractivity contribution in [2.75, 3.05) is 5.33 Å². The molecule has 0 aliphatic heterocycles. The van der Waals surface area contributed by atoms with E-state index < -0.39 is 0 Å². The van der Waals surface area contributed by atoms with Gasteiger partial charge in [-0.05, 0) is 44.1 Å². The molecule has 2 nitrogen and oxygen atoms in total. The summed E-state index contributed by atoms with van der Waals surface area (Å²) in [6.07, 6.45) is 9.91. The molecule has 0 N–H and O–H groups in total. The Balaban J connectivity index is 2.05. The van der Waals surface area contributed by atoms with Gasteiger partial charge in [0.25, 0.3) is 0 Å². The number of nitrogens with zero attached hydrogens (tertiary/aromatic N) is 2. The number of halogens is 1. The monoisotopic (exact) mass is 298 g/mol. The van der Waals surface area contributed by atoms with E-state index in [0.29, 0.717) is 11.5 Å². The lowest BCUT2D eigenvalue weighted by molar-refractivity contribution is 0.339. The zero-order valence-electron chi connectivity index (χ0n) is 11.0. The Hall–Kier alpha value is -0.310. The summed E-state index contributed by atoms with van der Waals surface area (Å²) in [5.74, 6) is 0. The van der Waals surface area contributed by atoms with Gasteiger partial charge in [0.2, 0.25) is 0 Å². The Bertz CT molecular complexity index is 353. The Morgan fingerprint density at radius 2 is 2.18 bits per heavy atom. The van der Waals surface area contributed by atoms with Crippen molar-refractivity contribution >= 4 is 15.9 Å². The minimum Gasteiger partial charge on any atom is -0.270 e. The summed E-state index contributed by atoms with van der Waals surface area (Å²) in [4.78, 5) is 0. The third kappa shape index (κ3) is 2.93. The maximum absolute atomic E-state index is 4.73. The van der Waals surface area contributed by atoms with Gasteiger partial charge in [-0.15, -0.1) is 0 Å². The minimum absolute atomic E-state index is 0.481. The van der Waals surface area contributed by atoms with Crippen LogP contribution in [-0.4, -0.2) is 15.1 Å². The Kier molecular flexibility index (Phi) is 4.29. The van der Waals surface area contributed by atoms with Crippen LogP contribution >= 0.6 is 15.9 Å². The molecule has 3 heteroatoms. The van der Waals surface area contributed by atoms with Crippen LogP contribution in [0.1, 0.15) is 57.7 Å². The molecule has 0 amide bonds. The number of hydrogen-bond acceptors (Lipinski definition) is 1. The van der Waals surface area contributed by atoms with E-state index in [1.54, 1.807) is 0 Å². The molecule has 1 aliphatic rings. The summed E-state index contributed by atoms with van der Waals surface area (Å²) < 4.78 is 2.12. The third-order valence-electron chi connectivity index (χ3n) is 4.21. The number of hydrogen-bond donors (Lipinski definition) is 0. The number of alkyl halides is 1. The Morgan fingerprint density at radius 1 is 1.47 bits per heavy atom. The summed E-state index contributed by atoms with van der Waals surface area (Å²) in [6.45, 7) is 4.44. The molecule has 96 valence electrons. The van der Waals surface area contributed by atoms with Crippen LogP contribution in [0.4, 0.5) is 0 Å². The highest BCUT2D eigenvalue weighted by Crippen LogP contribution is 2.42. The fourth-order valence-electron chi connectivity index (χ4n) is 2.77. The van der Waals surface area contributed by atoms with Crippen molar-refractivity contribution < 1.29 is 0 Å². The van der Waals surface area contributed by atoms with Gasteiger partial charge in [0.1, 0.15) is 0 Å². The highest BCUT2D eigenvalue weighted by molar-refractivity contribution is 9.09. The maximum atomic E-state index is 4.73. The molecule has 1 aliphatic carbocycles. The quantitative estimate of drug-likeness (QED) is 0.739. The molecule has 0 saturated heterocycles. The molecule has 0 bridgehead atoms. The van der Waals surface area contributed by atoms with E-state index in [-0.39, 0.29) is 0 Å². The molecule has 0 spiro atoms. The molecular formula is C14H23BrN2. The van der Waals surface area contributed by atoms with E-state index in [0.717, 1.165) is 18.2 Å². The first-order chi connectivity index (χ1) is 8.19. The van der Waals surface area contributed by atoms with Gasteiger partial charge in [-0.3, -0.25) is 4.68 Å². The van der Waals surface area contributed by atoms with Crippen molar-refractivity contribution in [3.63, 3.8) is 0 Å². The molecular weight excluding hydrogens is 276 g/mol. The fourth-order valence-corrected chi connectivity index (χ4v) is 3.53. The second kappa shape index (κ2) is 5.55. The summed E-state index contributed by atoms with van der Waals surface area (Å²) in [5, 5.41) is 5.85. The lowest BCUT2D eigenvalue weighted by Gasteiger charge is -2.25. The number of rotatable bonds is 5. The SMILES string of the molecule is CCC(C)n1ccc(CC2(CBr)CCCC2)n1. The van der Waals surface area contributed by atoms with Crippen LogP contribution in [0.15, 0.2) is 12.3 Å². The molecule has 0 aromatic carbocycles. The number of aromatic nitrogens is 2.